The van der Waals surface area contributed by atoms with Gasteiger partial charge in [0.1, 0.15) is 5.52 Å². The molecule has 0 spiro atoms. The molecule has 0 aliphatic carbocycles. The zero-order valence-corrected chi connectivity index (χ0v) is 26.6. The average molecular weight is 649 g/mol. The number of methoxy groups -OCH3 is 1. The second-order valence-corrected chi connectivity index (χ2v) is 11.7. The SMILES string of the molecule is COC(=O)c1ccc(C(C/C=C\c2nc3ccccc3o2)C(C)N(Cc2ccc3ccccc3c2)C(=O)CC(CC(=O)O)C(=O)O)cc1. The minimum Gasteiger partial charge on any atom is -0.481 e. The molecule has 1 amide bonds. The zero-order chi connectivity index (χ0) is 34.2. The van der Waals surface area contributed by atoms with E-state index >= 15 is 0 Å². The molecule has 3 atom stereocenters. The Labute approximate surface area is 277 Å². The topological polar surface area (TPSA) is 147 Å². The van der Waals surface area contributed by atoms with E-state index in [1.807, 2.05) is 91.9 Å². The van der Waals surface area contributed by atoms with Crippen LogP contribution < -0.4 is 0 Å². The number of fused-ring (bicyclic) bond motifs is 2. The van der Waals surface area contributed by atoms with Crippen LogP contribution in [0.25, 0.3) is 27.9 Å². The lowest BCUT2D eigenvalue weighted by Crippen LogP contribution is -2.43. The number of carbonyl (C=O) groups is 4. The minimum absolute atomic E-state index is 0.163. The number of carboxylic acid groups (broad SMARTS) is 2. The maximum absolute atomic E-state index is 14.0. The minimum atomic E-state index is -1.39. The molecule has 0 saturated heterocycles. The lowest BCUT2D eigenvalue weighted by Gasteiger charge is -2.36. The van der Waals surface area contributed by atoms with Crippen LogP contribution in [0.15, 0.2) is 101 Å². The van der Waals surface area contributed by atoms with Crippen LogP contribution in [0, 0.1) is 5.92 Å². The number of carbonyl (C=O) groups excluding carboxylic acids is 2. The molecular weight excluding hydrogens is 612 g/mol. The fraction of sp³-hybridized carbons (Fsp3) is 0.237. The Morgan fingerprint density at radius 2 is 1.60 bits per heavy atom. The van der Waals surface area contributed by atoms with Crippen molar-refractivity contribution in [1.29, 1.82) is 0 Å². The smallest absolute Gasteiger partial charge is 0.337 e. The van der Waals surface area contributed by atoms with Gasteiger partial charge in [-0.2, -0.15) is 0 Å². The standard InChI is InChI=1S/C38H36N2O8/c1-24(40(35(41)21-30(37(44)45)22-36(42)43)23-25-14-15-26-8-3-4-9-29(26)20-25)31(27-16-18-28(19-17-27)38(46)47-2)10-7-13-34-39-32-11-5-6-12-33(32)48-34/h3-9,11-20,24,30-31H,10,21-23H2,1-2H3,(H,42,43)(H,44,45)/b13-7-. The molecule has 2 N–H and O–H groups in total. The number of amides is 1. The van der Waals surface area contributed by atoms with Gasteiger partial charge in [-0.15, -0.1) is 0 Å². The van der Waals surface area contributed by atoms with Gasteiger partial charge in [0.15, 0.2) is 5.58 Å². The van der Waals surface area contributed by atoms with Crippen LogP contribution in [0.5, 0.6) is 0 Å². The summed E-state index contributed by atoms with van der Waals surface area (Å²) in [4.78, 5) is 55.8. The lowest BCUT2D eigenvalue weighted by molar-refractivity contribution is -0.151. The summed E-state index contributed by atoms with van der Waals surface area (Å²) in [5.41, 5.74) is 3.41. The lowest BCUT2D eigenvalue weighted by atomic mass is 9.87. The van der Waals surface area contributed by atoms with Gasteiger partial charge < -0.3 is 24.3 Å². The van der Waals surface area contributed by atoms with Crippen molar-refractivity contribution in [3.63, 3.8) is 0 Å². The van der Waals surface area contributed by atoms with Crippen LogP contribution in [0.4, 0.5) is 0 Å². The normalized spacial score (nSPS) is 13.3. The molecule has 1 heterocycles. The van der Waals surface area contributed by atoms with Gasteiger partial charge in [0.05, 0.1) is 25.0 Å². The summed E-state index contributed by atoms with van der Waals surface area (Å²) < 4.78 is 10.7. The summed E-state index contributed by atoms with van der Waals surface area (Å²) in [6.45, 7) is 2.05. The predicted molar refractivity (Wildman–Crippen MR) is 180 cm³/mol. The Morgan fingerprint density at radius 3 is 2.29 bits per heavy atom. The number of para-hydroxylation sites is 2. The highest BCUT2D eigenvalue weighted by molar-refractivity contribution is 5.89. The Hall–Kier alpha value is -5.77. The van der Waals surface area contributed by atoms with Gasteiger partial charge in [-0.25, -0.2) is 9.78 Å². The molecular formula is C38H36N2O8. The third kappa shape index (κ3) is 8.14. The fourth-order valence-electron chi connectivity index (χ4n) is 5.87. The number of rotatable bonds is 14. The number of ether oxygens (including phenoxy) is 1. The molecule has 0 fully saturated rings. The summed E-state index contributed by atoms with van der Waals surface area (Å²) in [6, 6.07) is 27.6. The number of allylic oxidation sites excluding steroid dienone is 1. The number of hydrogen-bond acceptors (Lipinski definition) is 7. The third-order valence-electron chi connectivity index (χ3n) is 8.47. The van der Waals surface area contributed by atoms with Gasteiger partial charge in [0.2, 0.25) is 11.8 Å². The average Bonchev–Trinajstić information content (AvgIpc) is 3.51. The zero-order valence-electron chi connectivity index (χ0n) is 26.6. The van der Waals surface area contributed by atoms with E-state index in [0.29, 0.717) is 23.5 Å². The monoisotopic (exact) mass is 648 g/mol. The number of aromatic nitrogens is 1. The first-order chi connectivity index (χ1) is 23.1. The van der Waals surface area contributed by atoms with Crippen molar-refractivity contribution < 1.29 is 38.5 Å². The Balaban J connectivity index is 1.51. The number of esters is 1. The summed E-state index contributed by atoms with van der Waals surface area (Å²) >= 11 is 0. The van der Waals surface area contributed by atoms with Crippen molar-refractivity contribution in [1.82, 2.24) is 9.88 Å². The summed E-state index contributed by atoms with van der Waals surface area (Å²) in [5, 5.41) is 21.1. The molecule has 10 heteroatoms. The number of oxazole rings is 1. The largest absolute Gasteiger partial charge is 0.481 e. The van der Waals surface area contributed by atoms with Gasteiger partial charge >= 0.3 is 17.9 Å². The van der Waals surface area contributed by atoms with Gasteiger partial charge in [0.25, 0.3) is 0 Å². The van der Waals surface area contributed by atoms with Gasteiger partial charge in [-0.1, -0.05) is 66.7 Å². The van der Waals surface area contributed by atoms with Crippen molar-refractivity contribution >= 4 is 51.8 Å². The molecule has 0 aliphatic rings. The van der Waals surface area contributed by atoms with Crippen molar-refractivity contribution in [2.24, 2.45) is 5.92 Å². The van der Waals surface area contributed by atoms with Crippen LogP contribution in [0.3, 0.4) is 0 Å². The molecule has 0 bridgehead atoms. The molecule has 5 aromatic rings. The van der Waals surface area contributed by atoms with E-state index in [1.54, 1.807) is 23.1 Å². The van der Waals surface area contributed by atoms with E-state index in [9.17, 15) is 29.4 Å². The van der Waals surface area contributed by atoms with Gasteiger partial charge in [0, 0.05) is 24.9 Å². The Kier molecular flexibility index (Phi) is 10.6. The molecule has 3 unspecified atom stereocenters. The second-order valence-electron chi connectivity index (χ2n) is 11.7. The van der Waals surface area contributed by atoms with E-state index in [-0.39, 0.29) is 12.5 Å². The van der Waals surface area contributed by atoms with E-state index < -0.39 is 48.6 Å². The highest BCUT2D eigenvalue weighted by Gasteiger charge is 2.32. The highest BCUT2D eigenvalue weighted by atomic mass is 16.5. The number of carboxylic acids is 2. The number of aliphatic carboxylic acids is 2. The number of hydrogen-bond donors (Lipinski definition) is 2. The predicted octanol–water partition coefficient (Wildman–Crippen LogP) is 6.94. The summed E-state index contributed by atoms with van der Waals surface area (Å²) in [5.74, 6) is -4.90. The van der Waals surface area contributed by atoms with Gasteiger partial charge in [-0.05, 0) is 71.7 Å². The molecule has 0 saturated carbocycles. The maximum atomic E-state index is 14.0. The highest BCUT2D eigenvalue weighted by Crippen LogP contribution is 2.31. The summed E-state index contributed by atoms with van der Waals surface area (Å²) in [6.07, 6.45) is 2.95. The third-order valence-corrected chi connectivity index (χ3v) is 8.47. The van der Waals surface area contributed by atoms with Crippen LogP contribution in [-0.4, -0.2) is 57.1 Å². The molecule has 0 radical (unpaired) electrons. The fourth-order valence-corrected chi connectivity index (χ4v) is 5.87. The molecule has 5 rings (SSSR count). The molecule has 1 aromatic heterocycles. The number of benzene rings is 4. The molecule has 4 aromatic carbocycles. The first-order valence-electron chi connectivity index (χ1n) is 15.5. The Bertz CT molecular complexity index is 1930. The van der Waals surface area contributed by atoms with Crippen molar-refractivity contribution in [2.75, 3.05) is 7.11 Å². The molecule has 0 aliphatic heterocycles. The van der Waals surface area contributed by atoms with Crippen molar-refractivity contribution in [3.8, 4) is 0 Å². The number of nitrogens with zero attached hydrogens (tertiary/aromatic N) is 2. The van der Waals surface area contributed by atoms with Crippen LogP contribution >= 0.6 is 0 Å². The molecule has 10 nitrogen and oxygen atoms in total. The van der Waals surface area contributed by atoms with Crippen LogP contribution in [-0.2, 0) is 25.7 Å². The first kappa shape index (κ1) is 33.6. The van der Waals surface area contributed by atoms with Crippen LogP contribution in [0.2, 0.25) is 0 Å². The van der Waals surface area contributed by atoms with E-state index in [2.05, 4.69) is 4.98 Å². The Morgan fingerprint density at radius 1 is 0.896 bits per heavy atom. The second kappa shape index (κ2) is 15.2. The van der Waals surface area contributed by atoms with E-state index in [0.717, 1.165) is 27.4 Å². The molecule has 246 valence electrons. The maximum Gasteiger partial charge on any atom is 0.337 e. The van der Waals surface area contributed by atoms with E-state index in [1.165, 1.54) is 7.11 Å². The van der Waals surface area contributed by atoms with Gasteiger partial charge in [-0.3, -0.25) is 14.4 Å². The molecule has 48 heavy (non-hydrogen) atoms. The summed E-state index contributed by atoms with van der Waals surface area (Å²) in [7, 11) is 1.31. The first-order valence-corrected chi connectivity index (χ1v) is 15.5. The van der Waals surface area contributed by atoms with Crippen molar-refractivity contribution in [3.05, 3.63) is 120 Å². The van der Waals surface area contributed by atoms with Crippen LogP contribution in [0.1, 0.15) is 59.5 Å². The van der Waals surface area contributed by atoms with E-state index in [4.69, 9.17) is 9.15 Å². The quantitative estimate of drug-likeness (QED) is 0.122. The van der Waals surface area contributed by atoms with Crippen molar-refractivity contribution in [2.45, 2.75) is 44.7 Å².